The molecule has 2 aromatic heterocycles. The molecule has 0 spiro atoms. The molecular formula is C37H33NS. The van der Waals surface area contributed by atoms with E-state index in [1.807, 2.05) is 11.3 Å². The van der Waals surface area contributed by atoms with Gasteiger partial charge in [-0.25, -0.2) is 0 Å². The van der Waals surface area contributed by atoms with Crippen LogP contribution in [0.25, 0.3) is 58.8 Å². The van der Waals surface area contributed by atoms with E-state index in [-0.39, 0.29) is 0 Å². The first-order chi connectivity index (χ1) is 19.2. The van der Waals surface area contributed by atoms with Crippen molar-refractivity contribution >= 4 is 53.3 Å². The van der Waals surface area contributed by atoms with Crippen molar-refractivity contribution in [1.82, 2.24) is 4.57 Å². The summed E-state index contributed by atoms with van der Waals surface area (Å²) in [7, 11) is 0. The normalized spacial score (nSPS) is 12.7. The number of hydrogen-bond acceptors (Lipinski definition) is 1. The second kappa shape index (κ2) is 10.0. The van der Waals surface area contributed by atoms with E-state index < -0.39 is 0 Å². The minimum atomic E-state index is 0.742. The van der Waals surface area contributed by atoms with E-state index in [1.54, 1.807) is 0 Å². The second-order valence-electron chi connectivity index (χ2n) is 10.8. The van der Waals surface area contributed by atoms with Gasteiger partial charge in [0.15, 0.2) is 0 Å². The van der Waals surface area contributed by atoms with Gasteiger partial charge < -0.3 is 4.57 Å². The predicted octanol–water partition coefficient (Wildman–Crippen LogP) is 11.2. The molecule has 1 nitrogen and oxygen atoms in total. The number of thiophene rings is 1. The fourth-order valence-electron chi connectivity index (χ4n) is 6.40. The van der Waals surface area contributed by atoms with Crippen LogP contribution in [0.2, 0.25) is 0 Å². The Bertz CT molecular complexity index is 1940. The predicted molar refractivity (Wildman–Crippen MR) is 171 cm³/mol. The molecule has 0 bridgehead atoms. The van der Waals surface area contributed by atoms with Crippen LogP contribution in [-0.4, -0.2) is 4.57 Å². The van der Waals surface area contributed by atoms with E-state index in [0.29, 0.717) is 0 Å². The highest BCUT2D eigenvalue weighted by molar-refractivity contribution is 7.25. The summed E-state index contributed by atoms with van der Waals surface area (Å²) >= 11 is 1.89. The Hall–Kier alpha value is -3.88. The minimum Gasteiger partial charge on any atom is -0.309 e. The molecule has 0 radical (unpaired) electrons. The molecule has 5 aromatic carbocycles. The number of fused-ring (bicyclic) bond motifs is 6. The van der Waals surface area contributed by atoms with Gasteiger partial charge in [-0.1, -0.05) is 99.8 Å². The Morgan fingerprint density at radius 1 is 0.641 bits per heavy atom. The SMILES string of the molecule is CCCC(CC)Cc1ccc2c(c1)c1cc(-c3ccccc3)ccc1n2-c1cccc2sc3ccccc3c12. The molecule has 2 heterocycles. The Labute approximate surface area is 234 Å². The summed E-state index contributed by atoms with van der Waals surface area (Å²) < 4.78 is 5.19. The number of nitrogens with zero attached hydrogens (tertiary/aromatic N) is 1. The third-order valence-electron chi connectivity index (χ3n) is 8.36. The molecular weight excluding hydrogens is 490 g/mol. The van der Waals surface area contributed by atoms with Crippen molar-refractivity contribution in [1.29, 1.82) is 0 Å². The third-order valence-corrected chi connectivity index (χ3v) is 9.49. The molecule has 192 valence electrons. The van der Waals surface area contributed by atoms with Crippen molar-refractivity contribution < 1.29 is 0 Å². The van der Waals surface area contributed by atoms with E-state index in [0.717, 1.165) is 12.3 Å². The molecule has 0 amide bonds. The summed E-state index contributed by atoms with van der Waals surface area (Å²) in [5, 5.41) is 5.37. The van der Waals surface area contributed by atoms with Crippen LogP contribution in [0.15, 0.2) is 109 Å². The molecule has 0 fully saturated rings. The highest BCUT2D eigenvalue weighted by atomic mass is 32.1. The van der Waals surface area contributed by atoms with Crippen molar-refractivity contribution in [2.24, 2.45) is 5.92 Å². The quantitative estimate of drug-likeness (QED) is 0.196. The first kappa shape index (κ1) is 24.2. The van der Waals surface area contributed by atoms with Gasteiger partial charge in [0, 0.05) is 30.9 Å². The molecule has 0 N–H and O–H groups in total. The molecule has 0 aliphatic rings. The average molecular weight is 524 g/mol. The molecule has 0 aliphatic heterocycles. The van der Waals surface area contributed by atoms with Crippen LogP contribution in [0.4, 0.5) is 0 Å². The maximum atomic E-state index is 2.51. The number of benzene rings is 5. The molecule has 0 saturated carbocycles. The second-order valence-corrected chi connectivity index (χ2v) is 11.9. The van der Waals surface area contributed by atoms with Gasteiger partial charge >= 0.3 is 0 Å². The maximum absolute atomic E-state index is 2.51. The fourth-order valence-corrected chi connectivity index (χ4v) is 7.53. The van der Waals surface area contributed by atoms with E-state index >= 15 is 0 Å². The van der Waals surface area contributed by atoms with E-state index in [9.17, 15) is 0 Å². The average Bonchev–Trinajstić information content (AvgIpc) is 3.52. The third kappa shape index (κ3) is 4.15. The lowest BCUT2D eigenvalue weighted by Crippen LogP contribution is -2.03. The highest BCUT2D eigenvalue weighted by Gasteiger charge is 2.18. The Balaban J connectivity index is 1.52. The van der Waals surface area contributed by atoms with Crippen LogP contribution in [0.1, 0.15) is 38.7 Å². The zero-order valence-corrected chi connectivity index (χ0v) is 23.5. The molecule has 2 heteroatoms. The standard InChI is InChI=1S/C37H33NS/c1-3-11-25(4-2)22-26-18-20-32-30(23-26)31-24-28(27-12-6-5-7-13-27)19-21-33(31)38(32)34-15-10-17-36-37(34)29-14-8-9-16-35(29)39-36/h5-10,12-21,23-25H,3-4,11,22H2,1-2H3. The molecule has 39 heavy (non-hydrogen) atoms. The van der Waals surface area contributed by atoms with Gasteiger partial charge in [0.1, 0.15) is 0 Å². The smallest absolute Gasteiger partial charge is 0.0555 e. The number of hydrogen-bond donors (Lipinski definition) is 0. The van der Waals surface area contributed by atoms with Crippen molar-refractivity contribution in [3.63, 3.8) is 0 Å². The highest BCUT2D eigenvalue weighted by Crippen LogP contribution is 2.41. The van der Waals surface area contributed by atoms with Gasteiger partial charge in [-0.3, -0.25) is 0 Å². The largest absolute Gasteiger partial charge is 0.309 e. The Kier molecular flexibility index (Phi) is 6.21. The summed E-state index contributed by atoms with van der Waals surface area (Å²) in [6.45, 7) is 4.64. The van der Waals surface area contributed by atoms with Crippen LogP contribution in [0.5, 0.6) is 0 Å². The zero-order valence-electron chi connectivity index (χ0n) is 22.7. The maximum Gasteiger partial charge on any atom is 0.0555 e. The van der Waals surface area contributed by atoms with Gasteiger partial charge in [-0.15, -0.1) is 11.3 Å². The number of aromatic nitrogens is 1. The van der Waals surface area contributed by atoms with Crippen LogP contribution >= 0.6 is 11.3 Å². The van der Waals surface area contributed by atoms with Crippen molar-refractivity contribution in [2.45, 2.75) is 39.5 Å². The van der Waals surface area contributed by atoms with E-state index in [4.69, 9.17) is 0 Å². The fraction of sp³-hybridized carbons (Fsp3) is 0.189. The van der Waals surface area contributed by atoms with E-state index in [2.05, 4.69) is 128 Å². The first-order valence-corrected chi connectivity index (χ1v) is 15.1. The topological polar surface area (TPSA) is 4.93 Å². The van der Waals surface area contributed by atoms with Crippen molar-refractivity contribution in [2.75, 3.05) is 0 Å². The summed E-state index contributed by atoms with van der Waals surface area (Å²) in [6, 6.07) is 40.6. The van der Waals surface area contributed by atoms with E-state index in [1.165, 1.54) is 83.6 Å². The van der Waals surface area contributed by atoms with Crippen molar-refractivity contribution in [3.8, 4) is 16.8 Å². The van der Waals surface area contributed by atoms with Crippen LogP contribution in [0, 0.1) is 5.92 Å². The van der Waals surface area contributed by atoms with Crippen LogP contribution in [0.3, 0.4) is 0 Å². The molecule has 7 aromatic rings. The Morgan fingerprint density at radius 2 is 1.38 bits per heavy atom. The van der Waals surface area contributed by atoms with Crippen LogP contribution in [-0.2, 0) is 6.42 Å². The molecule has 1 atom stereocenters. The Morgan fingerprint density at radius 3 is 2.21 bits per heavy atom. The van der Waals surface area contributed by atoms with Gasteiger partial charge in [-0.05, 0) is 71.5 Å². The van der Waals surface area contributed by atoms with Gasteiger partial charge in [0.25, 0.3) is 0 Å². The molecule has 7 rings (SSSR count). The lowest BCUT2D eigenvalue weighted by atomic mass is 9.92. The lowest BCUT2D eigenvalue weighted by Gasteiger charge is -2.14. The van der Waals surface area contributed by atoms with Gasteiger partial charge in [0.2, 0.25) is 0 Å². The summed E-state index contributed by atoms with van der Waals surface area (Å²) in [6.07, 6.45) is 4.93. The minimum absolute atomic E-state index is 0.742. The summed E-state index contributed by atoms with van der Waals surface area (Å²) in [5.74, 6) is 0.742. The number of rotatable bonds is 7. The summed E-state index contributed by atoms with van der Waals surface area (Å²) in [5.41, 5.74) is 7.80. The van der Waals surface area contributed by atoms with Gasteiger partial charge in [-0.2, -0.15) is 0 Å². The zero-order chi connectivity index (χ0) is 26.3. The summed E-state index contributed by atoms with van der Waals surface area (Å²) in [4.78, 5) is 0. The molecule has 0 saturated heterocycles. The monoisotopic (exact) mass is 523 g/mol. The molecule has 0 aliphatic carbocycles. The lowest BCUT2D eigenvalue weighted by molar-refractivity contribution is 0.462. The molecule has 1 unspecified atom stereocenters. The van der Waals surface area contributed by atoms with Crippen LogP contribution < -0.4 is 0 Å². The van der Waals surface area contributed by atoms with Gasteiger partial charge in [0.05, 0.1) is 16.7 Å². The van der Waals surface area contributed by atoms with Crippen molar-refractivity contribution in [3.05, 3.63) is 115 Å². The first-order valence-electron chi connectivity index (χ1n) is 14.3.